The smallest absolute Gasteiger partial charge is 0.171 e. The molecule has 0 aliphatic carbocycles. The molecule has 2 N–H and O–H groups in total. The molecule has 0 aliphatic rings. The molecule has 0 amide bonds. The molecule has 0 fully saturated rings. The highest BCUT2D eigenvalue weighted by Crippen LogP contribution is 2.20. The van der Waals surface area contributed by atoms with Crippen LogP contribution in [0.25, 0.3) is 0 Å². The average Bonchev–Trinajstić information content (AvgIpc) is 2.50. The Hall–Kier alpha value is -2.01. The summed E-state index contributed by atoms with van der Waals surface area (Å²) >= 11 is 5.17. The van der Waals surface area contributed by atoms with E-state index < -0.39 is 11.6 Å². The summed E-state index contributed by atoms with van der Waals surface area (Å²) in [5, 5.41) is 5.88. The van der Waals surface area contributed by atoms with Crippen LogP contribution in [-0.4, -0.2) is 5.11 Å². The van der Waals surface area contributed by atoms with Crippen LogP contribution < -0.4 is 10.6 Å². The molecule has 116 valence electrons. The molecule has 0 saturated carbocycles. The van der Waals surface area contributed by atoms with E-state index in [0.717, 1.165) is 12.0 Å². The van der Waals surface area contributed by atoms with Crippen LogP contribution in [-0.2, 0) is 0 Å². The largest absolute Gasteiger partial charge is 0.356 e. The summed E-state index contributed by atoms with van der Waals surface area (Å²) < 4.78 is 27.2. The number of nitrogens with one attached hydrogen (secondary N) is 2. The third-order valence-corrected chi connectivity index (χ3v) is 3.61. The maximum Gasteiger partial charge on any atom is 0.171 e. The van der Waals surface area contributed by atoms with Gasteiger partial charge in [-0.3, -0.25) is 0 Å². The number of benzene rings is 2. The van der Waals surface area contributed by atoms with Crippen LogP contribution >= 0.6 is 12.2 Å². The quantitative estimate of drug-likeness (QED) is 0.798. The molecule has 2 aromatic rings. The first kappa shape index (κ1) is 16.4. The minimum absolute atomic E-state index is 0.0181. The second-order valence-electron chi connectivity index (χ2n) is 5.07. The van der Waals surface area contributed by atoms with Crippen molar-refractivity contribution in [3.8, 4) is 0 Å². The fraction of sp³-hybridized carbons (Fsp3) is 0.235. The van der Waals surface area contributed by atoms with E-state index in [1.807, 2.05) is 38.1 Å². The minimum atomic E-state index is -0.674. The van der Waals surface area contributed by atoms with Crippen molar-refractivity contribution in [2.75, 3.05) is 5.32 Å². The van der Waals surface area contributed by atoms with Gasteiger partial charge in [0.2, 0.25) is 0 Å². The lowest BCUT2D eigenvalue weighted by molar-refractivity contribution is 0.589. The van der Waals surface area contributed by atoms with Gasteiger partial charge in [-0.15, -0.1) is 0 Å². The molecule has 0 saturated heterocycles. The van der Waals surface area contributed by atoms with Crippen molar-refractivity contribution in [3.63, 3.8) is 0 Å². The second-order valence-corrected chi connectivity index (χ2v) is 5.47. The highest BCUT2D eigenvalue weighted by atomic mass is 32.1. The number of hydrogen-bond acceptors (Lipinski definition) is 1. The second kappa shape index (κ2) is 7.31. The van der Waals surface area contributed by atoms with Gasteiger partial charge in [-0.05, 0) is 43.3 Å². The van der Waals surface area contributed by atoms with Crippen LogP contribution in [0, 0.1) is 18.6 Å². The highest BCUT2D eigenvalue weighted by molar-refractivity contribution is 7.80. The summed E-state index contributed by atoms with van der Waals surface area (Å²) in [7, 11) is 0. The van der Waals surface area contributed by atoms with E-state index in [0.29, 0.717) is 0 Å². The number of thiocarbonyl (C=S) groups is 1. The topological polar surface area (TPSA) is 24.1 Å². The number of aryl methyl sites for hydroxylation is 1. The first-order valence-corrected chi connectivity index (χ1v) is 7.50. The fourth-order valence-electron chi connectivity index (χ4n) is 2.14. The van der Waals surface area contributed by atoms with Crippen LogP contribution in [0.2, 0.25) is 0 Å². The van der Waals surface area contributed by atoms with Gasteiger partial charge in [0.05, 0.1) is 6.04 Å². The van der Waals surface area contributed by atoms with E-state index in [9.17, 15) is 8.78 Å². The molecule has 5 heteroatoms. The Balaban J connectivity index is 2.08. The van der Waals surface area contributed by atoms with Crippen LogP contribution in [0.4, 0.5) is 14.5 Å². The molecule has 0 unspecified atom stereocenters. The standard InChI is InChI=1S/C17H18F2N2S/c1-3-15(12-9-7-11(2)8-10-12)20-17(22)21-16-13(18)5-4-6-14(16)19/h4-10,15H,3H2,1-2H3,(H2,20,21,22)/t15-/m1/s1. The van der Waals surface area contributed by atoms with Gasteiger partial charge in [0, 0.05) is 0 Å². The molecule has 2 rings (SSSR count). The molecule has 22 heavy (non-hydrogen) atoms. The molecule has 2 nitrogen and oxygen atoms in total. The van der Waals surface area contributed by atoms with Gasteiger partial charge in [-0.25, -0.2) is 8.78 Å². The summed E-state index contributed by atoms with van der Waals surface area (Å²) in [5.41, 5.74) is 2.01. The fourth-order valence-corrected chi connectivity index (χ4v) is 2.39. The van der Waals surface area contributed by atoms with Crippen molar-refractivity contribution in [1.82, 2.24) is 5.32 Å². The van der Waals surface area contributed by atoms with E-state index in [1.165, 1.54) is 23.8 Å². The average molecular weight is 320 g/mol. The molecular formula is C17H18F2N2S. The van der Waals surface area contributed by atoms with Gasteiger partial charge in [-0.2, -0.15) is 0 Å². The van der Waals surface area contributed by atoms with Crippen LogP contribution in [0.1, 0.15) is 30.5 Å². The van der Waals surface area contributed by atoms with Crippen molar-refractivity contribution < 1.29 is 8.78 Å². The van der Waals surface area contributed by atoms with E-state index in [4.69, 9.17) is 12.2 Å². The highest BCUT2D eigenvalue weighted by Gasteiger charge is 2.13. The number of para-hydroxylation sites is 1. The molecule has 0 aliphatic heterocycles. The summed E-state index contributed by atoms with van der Waals surface area (Å²) in [6.07, 6.45) is 0.796. The van der Waals surface area contributed by atoms with Gasteiger partial charge in [0.1, 0.15) is 17.3 Å². The number of halogens is 2. The Morgan fingerprint density at radius 2 is 1.68 bits per heavy atom. The number of hydrogen-bond donors (Lipinski definition) is 2. The van der Waals surface area contributed by atoms with Crippen LogP contribution in [0.3, 0.4) is 0 Å². The Morgan fingerprint density at radius 1 is 1.09 bits per heavy atom. The summed E-state index contributed by atoms with van der Waals surface area (Å²) in [6.45, 7) is 4.04. The van der Waals surface area contributed by atoms with E-state index in [-0.39, 0.29) is 16.8 Å². The third kappa shape index (κ3) is 4.01. The normalized spacial score (nSPS) is 11.8. The Bertz CT molecular complexity index is 636. The first-order valence-electron chi connectivity index (χ1n) is 7.09. The first-order chi connectivity index (χ1) is 10.5. The van der Waals surface area contributed by atoms with Gasteiger partial charge in [0.25, 0.3) is 0 Å². The number of rotatable bonds is 4. The maximum atomic E-state index is 13.6. The minimum Gasteiger partial charge on any atom is -0.356 e. The van der Waals surface area contributed by atoms with Gasteiger partial charge >= 0.3 is 0 Å². The van der Waals surface area contributed by atoms with E-state index in [1.54, 1.807) is 0 Å². The van der Waals surface area contributed by atoms with Gasteiger partial charge in [0.15, 0.2) is 5.11 Å². The molecule has 1 atom stereocenters. The zero-order chi connectivity index (χ0) is 16.1. The molecule has 2 aromatic carbocycles. The Morgan fingerprint density at radius 3 is 2.23 bits per heavy atom. The van der Waals surface area contributed by atoms with Crippen molar-refractivity contribution in [2.45, 2.75) is 26.3 Å². The third-order valence-electron chi connectivity index (χ3n) is 3.39. The number of anilines is 1. The van der Waals surface area contributed by atoms with E-state index >= 15 is 0 Å². The molecule has 0 bridgehead atoms. The van der Waals surface area contributed by atoms with Crippen molar-refractivity contribution in [2.24, 2.45) is 0 Å². The summed E-state index contributed by atoms with van der Waals surface area (Å²) in [5.74, 6) is -1.35. The zero-order valence-electron chi connectivity index (χ0n) is 12.5. The predicted octanol–water partition coefficient (Wildman–Crippen LogP) is 4.71. The van der Waals surface area contributed by atoms with Gasteiger partial charge in [-0.1, -0.05) is 42.8 Å². The zero-order valence-corrected chi connectivity index (χ0v) is 13.3. The lowest BCUT2D eigenvalue weighted by atomic mass is 10.0. The Kier molecular flexibility index (Phi) is 5.44. The maximum absolute atomic E-state index is 13.6. The predicted molar refractivity (Wildman–Crippen MR) is 89.9 cm³/mol. The van der Waals surface area contributed by atoms with E-state index in [2.05, 4.69) is 10.6 Å². The lowest BCUT2D eigenvalue weighted by Gasteiger charge is -2.20. The Labute approximate surface area is 134 Å². The molecule has 0 spiro atoms. The monoisotopic (exact) mass is 320 g/mol. The lowest BCUT2D eigenvalue weighted by Crippen LogP contribution is -2.32. The summed E-state index contributed by atoms with van der Waals surface area (Å²) in [4.78, 5) is 0. The van der Waals surface area contributed by atoms with Crippen molar-refractivity contribution in [3.05, 3.63) is 65.2 Å². The van der Waals surface area contributed by atoms with Crippen LogP contribution in [0.5, 0.6) is 0 Å². The molecular weight excluding hydrogens is 302 g/mol. The molecule has 0 aromatic heterocycles. The van der Waals surface area contributed by atoms with Crippen molar-refractivity contribution >= 4 is 23.0 Å². The SMILES string of the molecule is CC[C@@H](NC(=S)Nc1c(F)cccc1F)c1ccc(C)cc1. The van der Waals surface area contributed by atoms with Crippen LogP contribution in [0.15, 0.2) is 42.5 Å². The summed E-state index contributed by atoms with van der Waals surface area (Å²) in [6, 6.07) is 11.7. The van der Waals surface area contributed by atoms with Crippen molar-refractivity contribution in [1.29, 1.82) is 0 Å². The molecule has 0 heterocycles. The van der Waals surface area contributed by atoms with Gasteiger partial charge < -0.3 is 10.6 Å². The molecule has 0 radical (unpaired) electrons.